The molecule has 0 radical (unpaired) electrons. The Labute approximate surface area is 94.5 Å². The third-order valence-electron chi connectivity index (χ3n) is 1.93. The molecule has 0 unspecified atom stereocenters. The highest BCUT2D eigenvalue weighted by Gasteiger charge is 1.93. The average Bonchev–Trinajstić information content (AvgIpc) is 2.31. The van der Waals surface area contributed by atoms with Crippen LogP contribution in [0, 0.1) is 0 Å². The van der Waals surface area contributed by atoms with Gasteiger partial charge in [0.15, 0.2) is 0 Å². The van der Waals surface area contributed by atoms with Crippen LogP contribution in [0.1, 0.15) is 46.1 Å². The summed E-state index contributed by atoms with van der Waals surface area (Å²) >= 11 is 0. The molecular formula is C14H24O. The van der Waals surface area contributed by atoms with Gasteiger partial charge in [-0.05, 0) is 30.5 Å². The van der Waals surface area contributed by atoms with Gasteiger partial charge in [0.05, 0.1) is 6.61 Å². The van der Waals surface area contributed by atoms with E-state index >= 15 is 0 Å². The second-order valence-electron chi connectivity index (χ2n) is 3.24. The summed E-state index contributed by atoms with van der Waals surface area (Å²) < 4.78 is 5.49. The van der Waals surface area contributed by atoms with Crippen molar-refractivity contribution in [3.63, 3.8) is 0 Å². The van der Waals surface area contributed by atoms with Gasteiger partial charge in [-0.15, -0.1) is 0 Å². The van der Waals surface area contributed by atoms with E-state index in [0.29, 0.717) is 0 Å². The Kier molecular flexibility index (Phi) is 8.95. The maximum absolute atomic E-state index is 5.49. The number of hydrogen-bond donors (Lipinski definition) is 0. The number of ether oxygens (including phenoxy) is 1. The molecule has 0 atom stereocenters. The van der Waals surface area contributed by atoms with Crippen LogP contribution in [0.2, 0.25) is 0 Å². The summed E-state index contributed by atoms with van der Waals surface area (Å²) in [5, 5.41) is 0. The molecule has 0 saturated heterocycles. The lowest BCUT2D eigenvalue weighted by Gasteiger charge is -2.04. The van der Waals surface area contributed by atoms with E-state index in [1.165, 1.54) is 12.0 Å². The Morgan fingerprint density at radius 1 is 0.933 bits per heavy atom. The van der Waals surface area contributed by atoms with Crippen LogP contribution < -0.4 is 4.74 Å². The highest BCUT2D eigenvalue weighted by Crippen LogP contribution is 2.13. The summed E-state index contributed by atoms with van der Waals surface area (Å²) in [6, 6.07) is 8.41. The molecule has 0 aliphatic heterocycles. The summed E-state index contributed by atoms with van der Waals surface area (Å²) in [4.78, 5) is 0. The number of hydrogen-bond acceptors (Lipinski definition) is 1. The summed E-state index contributed by atoms with van der Waals surface area (Å²) in [5.74, 6) is 0.988. The molecule has 1 nitrogen and oxygen atoms in total. The second kappa shape index (κ2) is 9.57. The lowest BCUT2D eigenvalue weighted by atomic mass is 10.1. The smallest absolute Gasteiger partial charge is 0.119 e. The molecule has 0 fully saturated rings. The van der Waals surface area contributed by atoms with Gasteiger partial charge in [0.2, 0.25) is 0 Å². The van der Waals surface area contributed by atoms with Crippen molar-refractivity contribution in [1.82, 2.24) is 0 Å². The lowest BCUT2D eigenvalue weighted by molar-refractivity contribution is 0.317. The highest BCUT2D eigenvalue weighted by atomic mass is 16.5. The molecule has 0 aromatic heterocycles. The molecule has 86 valence electrons. The first-order valence-corrected chi connectivity index (χ1v) is 6.08. The van der Waals surface area contributed by atoms with E-state index in [1.54, 1.807) is 0 Å². The molecule has 0 amide bonds. The van der Waals surface area contributed by atoms with Crippen LogP contribution in [0.5, 0.6) is 5.75 Å². The fraction of sp³-hybridized carbons (Fsp3) is 0.571. The van der Waals surface area contributed by atoms with Gasteiger partial charge in [-0.25, -0.2) is 0 Å². The summed E-state index contributed by atoms with van der Waals surface area (Å²) in [6.45, 7) is 9.13. The average molecular weight is 208 g/mol. The predicted octanol–water partition coefficient (Wildman–Crippen LogP) is 4.45. The van der Waals surface area contributed by atoms with E-state index < -0.39 is 0 Å². The van der Waals surface area contributed by atoms with Crippen molar-refractivity contribution in [3.8, 4) is 5.75 Å². The molecule has 1 aromatic carbocycles. The van der Waals surface area contributed by atoms with Crippen LogP contribution in [0.3, 0.4) is 0 Å². The molecule has 0 aliphatic carbocycles. The van der Waals surface area contributed by atoms with Crippen LogP contribution in [-0.2, 0) is 6.42 Å². The van der Waals surface area contributed by atoms with E-state index in [0.717, 1.165) is 25.2 Å². The van der Waals surface area contributed by atoms with Crippen molar-refractivity contribution in [2.24, 2.45) is 0 Å². The van der Waals surface area contributed by atoms with E-state index in [1.807, 2.05) is 13.8 Å². The summed E-state index contributed by atoms with van der Waals surface area (Å²) in [5.41, 5.74) is 1.39. The van der Waals surface area contributed by atoms with Gasteiger partial charge in [-0.2, -0.15) is 0 Å². The highest BCUT2D eigenvalue weighted by molar-refractivity contribution is 5.27. The predicted molar refractivity (Wildman–Crippen MR) is 67.6 cm³/mol. The third-order valence-corrected chi connectivity index (χ3v) is 1.93. The number of rotatable bonds is 5. The fourth-order valence-corrected chi connectivity index (χ4v) is 1.26. The van der Waals surface area contributed by atoms with Crippen LogP contribution in [0.4, 0.5) is 0 Å². The van der Waals surface area contributed by atoms with Crippen molar-refractivity contribution in [2.75, 3.05) is 6.61 Å². The molecule has 0 N–H and O–H groups in total. The maximum atomic E-state index is 5.49. The third kappa shape index (κ3) is 6.16. The Bertz CT molecular complexity index is 226. The van der Waals surface area contributed by atoms with Crippen molar-refractivity contribution in [2.45, 2.75) is 47.0 Å². The van der Waals surface area contributed by atoms with Gasteiger partial charge >= 0.3 is 0 Å². The van der Waals surface area contributed by atoms with Gasteiger partial charge < -0.3 is 4.74 Å². The van der Waals surface area contributed by atoms with E-state index in [2.05, 4.69) is 38.1 Å². The van der Waals surface area contributed by atoms with Gasteiger partial charge in [0.1, 0.15) is 5.75 Å². The number of benzene rings is 1. The van der Waals surface area contributed by atoms with Crippen molar-refractivity contribution in [1.29, 1.82) is 0 Å². The van der Waals surface area contributed by atoms with Crippen molar-refractivity contribution >= 4 is 0 Å². The number of aryl methyl sites for hydroxylation is 1. The molecule has 1 rings (SSSR count). The minimum Gasteiger partial charge on any atom is -0.494 e. The van der Waals surface area contributed by atoms with E-state index in [4.69, 9.17) is 4.74 Å². The summed E-state index contributed by atoms with van der Waals surface area (Å²) in [7, 11) is 0. The first kappa shape index (κ1) is 14.0. The van der Waals surface area contributed by atoms with E-state index in [9.17, 15) is 0 Å². The van der Waals surface area contributed by atoms with Crippen LogP contribution in [0.25, 0.3) is 0 Å². The van der Waals surface area contributed by atoms with Crippen molar-refractivity contribution < 1.29 is 4.74 Å². The van der Waals surface area contributed by atoms with Gasteiger partial charge in [-0.1, -0.05) is 46.2 Å². The fourth-order valence-electron chi connectivity index (χ4n) is 1.26. The first-order chi connectivity index (χ1) is 7.36. The van der Waals surface area contributed by atoms with Crippen molar-refractivity contribution in [3.05, 3.63) is 29.8 Å². The SMILES string of the molecule is CC.CCCOc1ccc(CCC)cc1. The maximum Gasteiger partial charge on any atom is 0.119 e. The van der Waals surface area contributed by atoms with E-state index in [-0.39, 0.29) is 0 Å². The molecule has 0 bridgehead atoms. The minimum atomic E-state index is 0.813. The van der Waals surface area contributed by atoms with Gasteiger partial charge in [0.25, 0.3) is 0 Å². The van der Waals surface area contributed by atoms with Gasteiger partial charge in [0, 0.05) is 0 Å². The Morgan fingerprint density at radius 2 is 1.53 bits per heavy atom. The van der Waals surface area contributed by atoms with Gasteiger partial charge in [-0.3, -0.25) is 0 Å². The summed E-state index contributed by atoms with van der Waals surface area (Å²) in [6.07, 6.45) is 3.43. The molecule has 0 aliphatic rings. The zero-order chi connectivity index (χ0) is 11.5. The molecule has 0 saturated carbocycles. The largest absolute Gasteiger partial charge is 0.494 e. The molecule has 1 heteroatoms. The Hall–Kier alpha value is -0.980. The normalized spacial score (nSPS) is 9.07. The van der Waals surface area contributed by atoms with Crippen LogP contribution in [-0.4, -0.2) is 6.61 Å². The Balaban J connectivity index is 0.000000921. The standard InChI is InChI=1S/C12H18O.C2H6/c1-3-5-11-6-8-12(9-7-11)13-10-4-2;1-2/h6-9H,3-5,10H2,1-2H3;1-2H3. The minimum absolute atomic E-state index is 0.813. The van der Waals surface area contributed by atoms with Crippen LogP contribution in [0.15, 0.2) is 24.3 Å². The first-order valence-electron chi connectivity index (χ1n) is 6.08. The quantitative estimate of drug-likeness (QED) is 0.694. The van der Waals surface area contributed by atoms with Crippen LogP contribution >= 0.6 is 0 Å². The topological polar surface area (TPSA) is 9.23 Å². The molecule has 0 heterocycles. The molecule has 0 spiro atoms. The second-order valence-corrected chi connectivity index (χ2v) is 3.24. The molecular weight excluding hydrogens is 184 g/mol. The Morgan fingerprint density at radius 3 is 2.00 bits per heavy atom. The monoisotopic (exact) mass is 208 g/mol. The lowest BCUT2D eigenvalue weighted by Crippen LogP contribution is -1.94. The molecule has 15 heavy (non-hydrogen) atoms. The molecule has 1 aromatic rings. The zero-order valence-electron chi connectivity index (χ0n) is 10.5. The zero-order valence-corrected chi connectivity index (χ0v) is 10.5.